The fourth-order valence-electron chi connectivity index (χ4n) is 3.41. The Labute approximate surface area is 145 Å². The molecular formula is C18H22BrN3O. The number of halogens is 1. The van der Waals surface area contributed by atoms with Gasteiger partial charge in [0.1, 0.15) is 5.69 Å². The second-order valence-corrected chi connectivity index (χ2v) is 7.14. The molecule has 2 heterocycles. The minimum atomic E-state index is 0.0919. The Morgan fingerprint density at radius 2 is 2.04 bits per heavy atom. The van der Waals surface area contributed by atoms with E-state index in [0.29, 0.717) is 12.5 Å². The van der Waals surface area contributed by atoms with E-state index in [-0.39, 0.29) is 11.9 Å². The first kappa shape index (κ1) is 16.3. The van der Waals surface area contributed by atoms with Crippen molar-refractivity contribution in [1.82, 2.24) is 9.47 Å². The molecule has 2 aromatic rings. The standard InChI is InChI=1S/C18H22BrN3O/c1-12-9-13(10-20)11-22(12)18(23)17-8-7-16(21(17)2)14-5-3-4-6-15(14)19/h3-8,12-13H,9-11,20H2,1-2H3. The molecule has 1 aliphatic heterocycles. The first-order chi connectivity index (χ1) is 11.0. The summed E-state index contributed by atoms with van der Waals surface area (Å²) in [5, 5.41) is 0. The maximum Gasteiger partial charge on any atom is 0.270 e. The highest BCUT2D eigenvalue weighted by atomic mass is 79.9. The number of amides is 1. The zero-order valence-corrected chi connectivity index (χ0v) is 15.1. The Hall–Kier alpha value is -1.59. The Kier molecular flexibility index (Phi) is 4.60. The van der Waals surface area contributed by atoms with Gasteiger partial charge in [-0.05, 0) is 44.0 Å². The first-order valence-corrected chi connectivity index (χ1v) is 8.74. The number of benzene rings is 1. The highest BCUT2D eigenvalue weighted by Gasteiger charge is 2.33. The van der Waals surface area contributed by atoms with E-state index in [9.17, 15) is 4.79 Å². The second-order valence-electron chi connectivity index (χ2n) is 6.29. The third-order valence-electron chi connectivity index (χ3n) is 4.75. The molecule has 1 amide bonds. The van der Waals surface area contributed by atoms with Crippen LogP contribution in [0.15, 0.2) is 40.9 Å². The number of carbonyl (C=O) groups is 1. The summed E-state index contributed by atoms with van der Waals surface area (Å²) < 4.78 is 3.00. The fourth-order valence-corrected chi connectivity index (χ4v) is 3.90. The predicted octanol–water partition coefficient (Wildman–Crippen LogP) is 3.26. The van der Waals surface area contributed by atoms with Gasteiger partial charge in [-0.3, -0.25) is 4.79 Å². The van der Waals surface area contributed by atoms with E-state index in [4.69, 9.17) is 5.73 Å². The maximum atomic E-state index is 12.9. The molecule has 0 aliphatic carbocycles. The van der Waals surface area contributed by atoms with Crippen LogP contribution >= 0.6 is 15.9 Å². The van der Waals surface area contributed by atoms with Gasteiger partial charge in [-0.1, -0.05) is 34.1 Å². The van der Waals surface area contributed by atoms with Crippen molar-refractivity contribution in [3.63, 3.8) is 0 Å². The van der Waals surface area contributed by atoms with Gasteiger partial charge in [-0.2, -0.15) is 0 Å². The maximum absolute atomic E-state index is 12.9. The van der Waals surface area contributed by atoms with Crippen LogP contribution < -0.4 is 5.73 Å². The molecule has 23 heavy (non-hydrogen) atoms. The van der Waals surface area contributed by atoms with Gasteiger partial charge in [0.25, 0.3) is 5.91 Å². The summed E-state index contributed by atoms with van der Waals surface area (Å²) in [5.41, 5.74) is 8.61. The van der Waals surface area contributed by atoms with Crippen LogP contribution in [0.5, 0.6) is 0 Å². The van der Waals surface area contributed by atoms with E-state index in [1.807, 2.05) is 46.8 Å². The molecule has 0 bridgehead atoms. The van der Waals surface area contributed by atoms with Crippen molar-refractivity contribution in [1.29, 1.82) is 0 Å². The van der Waals surface area contributed by atoms with Gasteiger partial charge in [-0.15, -0.1) is 0 Å². The number of likely N-dealkylation sites (tertiary alicyclic amines) is 1. The molecule has 1 aromatic heterocycles. The van der Waals surface area contributed by atoms with Crippen molar-refractivity contribution < 1.29 is 4.79 Å². The molecule has 0 radical (unpaired) electrons. The monoisotopic (exact) mass is 375 g/mol. The Balaban J connectivity index is 1.91. The minimum absolute atomic E-state index is 0.0919. The molecule has 3 rings (SSSR count). The van der Waals surface area contributed by atoms with E-state index in [2.05, 4.69) is 28.9 Å². The quantitative estimate of drug-likeness (QED) is 0.894. The van der Waals surface area contributed by atoms with Crippen LogP contribution in [-0.4, -0.2) is 34.5 Å². The minimum Gasteiger partial charge on any atom is -0.340 e. The van der Waals surface area contributed by atoms with Gasteiger partial charge < -0.3 is 15.2 Å². The zero-order chi connectivity index (χ0) is 16.6. The number of carbonyl (C=O) groups excluding carboxylic acids is 1. The average molecular weight is 376 g/mol. The van der Waals surface area contributed by atoms with E-state index in [1.54, 1.807) is 0 Å². The van der Waals surface area contributed by atoms with Crippen LogP contribution in [0.4, 0.5) is 0 Å². The van der Waals surface area contributed by atoms with Crippen LogP contribution in [0.3, 0.4) is 0 Å². The molecule has 1 fully saturated rings. The number of aromatic nitrogens is 1. The molecule has 1 aliphatic rings. The average Bonchev–Trinajstić information content (AvgIpc) is 3.10. The van der Waals surface area contributed by atoms with Gasteiger partial charge in [-0.25, -0.2) is 0 Å². The topological polar surface area (TPSA) is 51.3 Å². The van der Waals surface area contributed by atoms with Gasteiger partial charge in [0.2, 0.25) is 0 Å². The molecule has 1 saturated heterocycles. The van der Waals surface area contributed by atoms with Crippen molar-refractivity contribution in [2.45, 2.75) is 19.4 Å². The molecule has 122 valence electrons. The normalized spacial score (nSPS) is 21.0. The summed E-state index contributed by atoms with van der Waals surface area (Å²) in [6, 6.07) is 12.2. The number of hydrogen-bond acceptors (Lipinski definition) is 2. The number of hydrogen-bond donors (Lipinski definition) is 1. The summed E-state index contributed by atoms with van der Waals surface area (Å²) in [4.78, 5) is 14.9. The Bertz CT molecular complexity index is 725. The lowest BCUT2D eigenvalue weighted by Crippen LogP contribution is -2.35. The number of nitrogens with zero attached hydrogens (tertiary/aromatic N) is 2. The van der Waals surface area contributed by atoms with E-state index >= 15 is 0 Å². The fraction of sp³-hybridized carbons (Fsp3) is 0.389. The summed E-state index contributed by atoms with van der Waals surface area (Å²) in [5.74, 6) is 0.506. The molecular weight excluding hydrogens is 354 g/mol. The molecule has 2 N–H and O–H groups in total. The summed E-state index contributed by atoms with van der Waals surface area (Å²) in [6.07, 6.45) is 0.990. The van der Waals surface area contributed by atoms with Crippen molar-refractivity contribution in [2.24, 2.45) is 18.7 Å². The van der Waals surface area contributed by atoms with Crippen molar-refractivity contribution in [3.8, 4) is 11.3 Å². The lowest BCUT2D eigenvalue weighted by molar-refractivity contribution is 0.0734. The van der Waals surface area contributed by atoms with E-state index in [1.165, 1.54) is 0 Å². The predicted molar refractivity (Wildman–Crippen MR) is 96.2 cm³/mol. The lowest BCUT2D eigenvalue weighted by Gasteiger charge is -2.22. The molecule has 2 atom stereocenters. The number of nitrogens with two attached hydrogens (primary N) is 1. The van der Waals surface area contributed by atoms with Crippen LogP contribution in [-0.2, 0) is 7.05 Å². The highest BCUT2D eigenvalue weighted by Crippen LogP contribution is 2.30. The van der Waals surface area contributed by atoms with Crippen LogP contribution in [0, 0.1) is 5.92 Å². The first-order valence-electron chi connectivity index (χ1n) is 7.94. The van der Waals surface area contributed by atoms with Crippen molar-refractivity contribution in [2.75, 3.05) is 13.1 Å². The SMILES string of the molecule is CC1CC(CN)CN1C(=O)c1ccc(-c2ccccc2Br)n1C. The molecule has 5 heteroatoms. The summed E-state index contributed by atoms with van der Waals surface area (Å²) >= 11 is 3.58. The Morgan fingerprint density at radius 1 is 1.30 bits per heavy atom. The van der Waals surface area contributed by atoms with Gasteiger partial charge >= 0.3 is 0 Å². The van der Waals surface area contributed by atoms with Gasteiger partial charge in [0.05, 0.1) is 0 Å². The van der Waals surface area contributed by atoms with Crippen molar-refractivity contribution in [3.05, 3.63) is 46.6 Å². The third-order valence-corrected chi connectivity index (χ3v) is 5.44. The highest BCUT2D eigenvalue weighted by molar-refractivity contribution is 9.10. The largest absolute Gasteiger partial charge is 0.340 e. The van der Waals surface area contributed by atoms with Gasteiger partial charge in [0, 0.05) is 35.4 Å². The third kappa shape index (κ3) is 2.95. The van der Waals surface area contributed by atoms with Crippen LogP contribution in [0.25, 0.3) is 11.3 Å². The van der Waals surface area contributed by atoms with Crippen molar-refractivity contribution >= 4 is 21.8 Å². The molecule has 2 unspecified atom stereocenters. The molecule has 0 spiro atoms. The number of rotatable bonds is 3. The van der Waals surface area contributed by atoms with E-state index in [0.717, 1.165) is 34.4 Å². The molecule has 0 saturated carbocycles. The Morgan fingerprint density at radius 3 is 2.70 bits per heavy atom. The van der Waals surface area contributed by atoms with Gasteiger partial charge in [0.15, 0.2) is 0 Å². The summed E-state index contributed by atoms with van der Waals surface area (Å²) in [7, 11) is 1.95. The summed E-state index contributed by atoms with van der Waals surface area (Å²) in [6.45, 7) is 3.50. The smallest absolute Gasteiger partial charge is 0.270 e. The van der Waals surface area contributed by atoms with Crippen LogP contribution in [0.1, 0.15) is 23.8 Å². The van der Waals surface area contributed by atoms with E-state index < -0.39 is 0 Å². The zero-order valence-electron chi connectivity index (χ0n) is 13.5. The molecule has 1 aromatic carbocycles. The van der Waals surface area contributed by atoms with Crippen LogP contribution in [0.2, 0.25) is 0 Å². The molecule has 4 nitrogen and oxygen atoms in total. The lowest BCUT2D eigenvalue weighted by atomic mass is 10.1. The second kappa shape index (κ2) is 6.49.